The number of rotatable bonds is 5. The molecule has 0 bridgehead atoms. The third-order valence-electron chi connectivity index (χ3n) is 6.26. The average Bonchev–Trinajstić information content (AvgIpc) is 3.50. The molecule has 0 N–H and O–H groups in total. The van der Waals surface area contributed by atoms with Crippen LogP contribution in [0, 0.1) is 0 Å². The van der Waals surface area contributed by atoms with Gasteiger partial charge < -0.3 is 4.90 Å². The fourth-order valence-electron chi connectivity index (χ4n) is 4.57. The Morgan fingerprint density at radius 1 is 0.969 bits per heavy atom. The molecular formula is C22H25N5O3S2. The van der Waals surface area contributed by atoms with E-state index in [2.05, 4.69) is 25.8 Å². The summed E-state index contributed by atoms with van der Waals surface area (Å²) in [5.41, 5.74) is 2.20. The van der Waals surface area contributed by atoms with Gasteiger partial charge in [-0.25, -0.2) is 8.42 Å². The van der Waals surface area contributed by atoms with E-state index in [4.69, 9.17) is 0 Å². The summed E-state index contributed by atoms with van der Waals surface area (Å²) < 4.78 is 36.7. The van der Waals surface area contributed by atoms with Crippen molar-refractivity contribution in [1.82, 2.24) is 22.9 Å². The molecule has 3 aromatic rings. The van der Waals surface area contributed by atoms with E-state index < -0.39 is 16.1 Å². The van der Waals surface area contributed by atoms with Crippen LogP contribution in [0.25, 0.3) is 11.0 Å². The number of carbonyl (C=O) groups is 1. The maximum Gasteiger partial charge on any atom is 0.246 e. The van der Waals surface area contributed by atoms with Gasteiger partial charge in [-0.2, -0.15) is 13.1 Å². The number of hydrogen-bond acceptors (Lipinski definition) is 7. The van der Waals surface area contributed by atoms with Gasteiger partial charge in [-0.05, 0) is 30.5 Å². The largest absolute Gasteiger partial charge is 0.339 e. The number of hydrogen-bond donors (Lipinski definition) is 0. The van der Waals surface area contributed by atoms with Gasteiger partial charge in [0.05, 0.1) is 11.7 Å². The zero-order valence-electron chi connectivity index (χ0n) is 17.6. The number of fused-ring (bicyclic) bond motifs is 1. The van der Waals surface area contributed by atoms with E-state index in [1.807, 2.05) is 23.1 Å². The summed E-state index contributed by atoms with van der Waals surface area (Å²) in [6, 6.07) is 14.6. The van der Waals surface area contributed by atoms with Gasteiger partial charge in [-0.3, -0.25) is 9.69 Å². The molecule has 1 aromatic heterocycles. The highest BCUT2D eigenvalue weighted by atomic mass is 32.2. The molecule has 1 amide bonds. The van der Waals surface area contributed by atoms with Crippen molar-refractivity contribution < 1.29 is 13.2 Å². The van der Waals surface area contributed by atoms with Gasteiger partial charge in [-0.15, -0.1) is 0 Å². The summed E-state index contributed by atoms with van der Waals surface area (Å²) in [6.07, 6.45) is 1.22. The Hall–Kier alpha value is -2.40. The lowest BCUT2D eigenvalue weighted by Gasteiger charge is -2.37. The van der Waals surface area contributed by atoms with E-state index in [9.17, 15) is 13.2 Å². The van der Waals surface area contributed by atoms with Gasteiger partial charge in [0.2, 0.25) is 15.9 Å². The maximum atomic E-state index is 13.5. The van der Waals surface area contributed by atoms with Crippen molar-refractivity contribution >= 4 is 38.7 Å². The number of benzene rings is 2. The Balaban J connectivity index is 1.28. The first-order chi connectivity index (χ1) is 15.5. The molecular weight excluding hydrogens is 446 g/mol. The lowest BCUT2D eigenvalue weighted by Crippen LogP contribution is -2.54. The van der Waals surface area contributed by atoms with Crippen LogP contribution in [0.5, 0.6) is 0 Å². The lowest BCUT2D eigenvalue weighted by atomic mass is 10.1. The smallest absolute Gasteiger partial charge is 0.246 e. The summed E-state index contributed by atoms with van der Waals surface area (Å²) in [4.78, 5) is 17.6. The van der Waals surface area contributed by atoms with Crippen LogP contribution in [0.15, 0.2) is 53.4 Å². The Kier molecular flexibility index (Phi) is 5.93. The van der Waals surface area contributed by atoms with Crippen LogP contribution < -0.4 is 0 Å². The van der Waals surface area contributed by atoms with Crippen LogP contribution in [0.3, 0.4) is 0 Å². The molecule has 168 valence electrons. The first kappa shape index (κ1) is 21.4. The second kappa shape index (κ2) is 8.86. The van der Waals surface area contributed by atoms with Gasteiger partial charge in [0, 0.05) is 39.3 Å². The van der Waals surface area contributed by atoms with Crippen LogP contribution in [0.2, 0.25) is 0 Å². The molecule has 3 heterocycles. The topological polar surface area (TPSA) is 86.7 Å². The second-order valence-corrected chi connectivity index (χ2v) is 10.6. The normalized spacial score (nSPS) is 20.8. The molecule has 5 rings (SSSR count). The summed E-state index contributed by atoms with van der Waals surface area (Å²) in [7, 11) is -3.84. The Morgan fingerprint density at radius 2 is 1.75 bits per heavy atom. The molecule has 0 aliphatic carbocycles. The van der Waals surface area contributed by atoms with E-state index in [0.717, 1.165) is 31.4 Å². The summed E-state index contributed by atoms with van der Waals surface area (Å²) in [6.45, 7) is 4.00. The predicted octanol–water partition coefficient (Wildman–Crippen LogP) is 2.19. The van der Waals surface area contributed by atoms with Crippen molar-refractivity contribution in [1.29, 1.82) is 0 Å². The molecule has 0 unspecified atom stereocenters. The van der Waals surface area contributed by atoms with Crippen LogP contribution >= 0.6 is 11.7 Å². The van der Waals surface area contributed by atoms with E-state index in [1.165, 1.54) is 9.87 Å². The molecule has 32 heavy (non-hydrogen) atoms. The monoisotopic (exact) mass is 471 g/mol. The molecule has 1 atom stereocenters. The first-order valence-corrected chi connectivity index (χ1v) is 13.0. The fourth-order valence-corrected chi connectivity index (χ4v) is 6.97. The number of nitrogens with zero attached hydrogens (tertiary/aromatic N) is 5. The zero-order chi connectivity index (χ0) is 22.1. The SMILES string of the molecule is O=C([C@H]1CCCN1S(=O)(=O)c1cccc2nsnc12)N1CCN(Cc2ccccc2)CC1. The Morgan fingerprint density at radius 3 is 2.53 bits per heavy atom. The van der Waals surface area contributed by atoms with E-state index in [-0.39, 0.29) is 10.8 Å². The Labute approximate surface area is 191 Å². The minimum absolute atomic E-state index is 0.0889. The average molecular weight is 472 g/mol. The van der Waals surface area contributed by atoms with Gasteiger partial charge >= 0.3 is 0 Å². The molecule has 10 heteroatoms. The fraction of sp³-hybridized carbons (Fsp3) is 0.409. The molecule has 2 aromatic carbocycles. The van der Waals surface area contributed by atoms with Crippen LogP contribution in [-0.2, 0) is 21.4 Å². The van der Waals surface area contributed by atoms with Crippen molar-refractivity contribution in [3.63, 3.8) is 0 Å². The molecule has 2 aliphatic rings. The van der Waals surface area contributed by atoms with Crippen molar-refractivity contribution in [3.05, 3.63) is 54.1 Å². The van der Waals surface area contributed by atoms with Crippen molar-refractivity contribution in [2.24, 2.45) is 0 Å². The number of amides is 1. The summed E-state index contributed by atoms with van der Waals surface area (Å²) in [5.74, 6) is -0.0889. The minimum atomic E-state index is -3.84. The van der Waals surface area contributed by atoms with Crippen LogP contribution in [0.4, 0.5) is 0 Å². The van der Waals surface area contributed by atoms with Gasteiger partial charge in [0.15, 0.2) is 0 Å². The van der Waals surface area contributed by atoms with Crippen LogP contribution in [-0.4, -0.2) is 75.9 Å². The molecule has 8 nitrogen and oxygen atoms in total. The summed E-state index contributed by atoms with van der Waals surface area (Å²) in [5, 5.41) is 0. The number of carbonyl (C=O) groups excluding carboxylic acids is 1. The summed E-state index contributed by atoms with van der Waals surface area (Å²) >= 11 is 0.993. The molecule has 2 saturated heterocycles. The third kappa shape index (κ3) is 4.03. The van der Waals surface area contributed by atoms with E-state index in [1.54, 1.807) is 18.2 Å². The van der Waals surface area contributed by atoms with E-state index in [0.29, 0.717) is 43.5 Å². The predicted molar refractivity (Wildman–Crippen MR) is 123 cm³/mol. The van der Waals surface area contributed by atoms with Gasteiger partial charge in [0.1, 0.15) is 22.0 Å². The van der Waals surface area contributed by atoms with Gasteiger partial charge in [-0.1, -0.05) is 36.4 Å². The maximum absolute atomic E-state index is 13.5. The molecule has 2 fully saturated rings. The standard InChI is InChI=1S/C22H25N5O3S2/c28-22(26-14-12-25(13-15-26)16-17-6-2-1-3-7-17)19-9-5-11-27(19)32(29,30)20-10-4-8-18-21(20)24-31-23-18/h1-4,6-8,10,19H,5,9,11-16H2/t19-/m1/s1. The minimum Gasteiger partial charge on any atom is -0.339 e. The Bertz CT molecular complexity index is 1210. The van der Waals surface area contributed by atoms with Crippen molar-refractivity contribution in [3.8, 4) is 0 Å². The highest BCUT2D eigenvalue weighted by Gasteiger charge is 2.42. The quantitative estimate of drug-likeness (QED) is 0.567. The highest BCUT2D eigenvalue weighted by Crippen LogP contribution is 2.31. The molecule has 2 aliphatic heterocycles. The zero-order valence-corrected chi connectivity index (χ0v) is 19.3. The third-order valence-corrected chi connectivity index (χ3v) is 8.74. The van der Waals surface area contributed by atoms with Crippen molar-refractivity contribution in [2.75, 3.05) is 32.7 Å². The second-order valence-electron chi connectivity index (χ2n) is 8.25. The number of piperazine rings is 1. The number of aromatic nitrogens is 2. The van der Waals surface area contributed by atoms with Gasteiger partial charge in [0.25, 0.3) is 0 Å². The molecule has 0 saturated carbocycles. The number of sulfonamides is 1. The first-order valence-electron chi connectivity index (χ1n) is 10.8. The lowest BCUT2D eigenvalue weighted by molar-refractivity contribution is -0.136. The highest BCUT2D eigenvalue weighted by molar-refractivity contribution is 7.89. The van der Waals surface area contributed by atoms with Crippen LogP contribution in [0.1, 0.15) is 18.4 Å². The van der Waals surface area contributed by atoms with Crippen molar-refractivity contribution in [2.45, 2.75) is 30.3 Å². The molecule has 0 radical (unpaired) electrons. The molecule has 0 spiro atoms. The van der Waals surface area contributed by atoms with E-state index >= 15 is 0 Å².